The van der Waals surface area contributed by atoms with E-state index in [0.29, 0.717) is 12.0 Å². The highest BCUT2D eigenvalue weighted by Gasteiger charge is 2.30. The van der Waals surface area contributed by atoms with Crippen molar-refractivity contribution >= 4 is 5.69 Å². The van der Waals surface area contributed by atoms with E-state index in [4.69, 9.17) is 10.8 Å². The number of para-hydroxylation sites is 1. The first kappa shape index (κ1) is 13.8. The van der Waals surface area contributed by atoms with Crippen molar-refractivity contribution in [2.75, 3.05) is 18.0 Å². The maximum Gasteiger partial charge on any atom is 0.0792 e. The molecule has 0 amide bonds. The highest BCUT2D eigenvalue weighted by molar-refractivity contribution is 5.55. The van der Waals surface area contributed by atoms with Gasteiger partial charge < -0.3 is 10.6 Å². The molecular formula is C18H24N4. The van der Waals surface area contributed by atoms with Gasteiger partial charge in [0.15, 0.2) is 0 Å². The SMILES string of the molecule is NC1CCN(c2cnn(-c3ccccc3)c2C2CCC2)CC1. The Morgan fingerprint density at radius 1 is 1.00 bits per heavy atom. The zero-order valence-corrected chi connectivity index (χ0v) is 13.0. The lowest BCUT2D eigenvalue weighted by Crippen LogP contribution is -2.40. The molecule has 1 aliphatic heterocycles. The Hall–Kier alpha value is -1.81. The fourth-order valence-electron chi connectivity index (χ4n) is 3.57. The molecule has 4 nitrogen and oxygen atoms in total. The first-order valence-corrected chi connectivity index (χ1v) is 8.47. The van der Waals surface area contributed by atoms with Crippen LogP contribution in [0.3, 0.4) is 0 Å². The Bertz CT molecular complexity index is 622. The molecule has 2 aliphatic rings. The number of piperidine rings is 1. The molecule has 2 fully saturated rings. The number of aromatic nitrogens is 2. The van der Waals surface area contributed by atoms with Crippen LogP contribution in [0.2, 0.25) is 0 Å². The number of benzene rings is 1. The molecule has 0 spiro atoms. The molecule has 1 saturated heterocycles. The quantitative estimate of drug-likeness (QED) is 0.947. The highest BCUT2D eigenvalue weighted by atomic mass is 15.3. The van der Waals surface area contributed by atoms with Crippen molar-refractivity contribution in [1.29, 1.82) is 0 Å². The minimum Gasteiger partial charge on any atom is -0.369 e. The number of hydrogen-bond acceptors (Lipinski definition) is 3. The summed E-state index contributed by atoms with van der Waals surface area (Å²) < 4.78 is 2.16. The summed E-state index contributed by atoms with van der Waals surface area (Å²) in [5.74, 6) is 0.660. The standard InChI is InChI=1S/C18H24N4/c19-15-9-11-21(12-10-15)17-13-20-22(16-7-2-1-3-8-16)18(17)14-5-4-6-14/h1-3,7-8,13-15H,4-6,9-12,19H2. The summed E-state index contributed by atoms with van der Waals surface area (Å²) in [5, 5.41) is 4.73. The van der Waals surface area contributed by atoms with Gasteiger partial charge >= 0.3 is 0 Å². The van der Waals surface area contributed by atoms with Gasteiger partial charge in [0.05, 0.1) is 23.3 Å². The molecule has 4 rings (SSSR count). The third-order valence-electron chi connectivity index (χ3n) is 5.16. The summed E-state index contributed by atoms with van der Waals surface area (Å²) in [6.07, 6.45) is 8.16. The van der Waals surface area contributed by atoms with Crippen LogP contribution in [0.5, 0.6) is 0 Å². The third kappa shape index (κ3) is 2.41. The molecule has 2 heterocycles. The first-order chi connectivity index (χ1) is 10.8. The second kappa shape index (κ2) is 5.76. The number of nitrogens with two attached hydrogens (primary N) is 1. The summed E-state index contributed by atoms with van der Waals surface area (Å²) in [6.45, 7) is 2.11. The fourth-order valence-corrected chi connectivity index (χ4v) is 3.57. The predicted molar refractivity (Wildman–Crippen MR) is 89.6 cm³/mol. The lowest BCUT2D eigenvalue weighted by atomic mass is 9.82. The summed E-state index contributed by atoms with van der Waals surface area (Å²) >= 11 is 0. The van der Waals surface area contributed by atoms with Crippen molar-refractivity contribution in [1.82, 2.24) is 9.78 Å². The summed E-state index contributed by atoms with van der Waals surface area (Å²) in [6, 6.07) is 10.9. The van der Waals surface area contributed by atoms with E-state index in [9.17, 15) is 0 Å². The maximum absolute atomic E-state index is 6.06. The second-order valence-electron chi connectivity index (χ2n) is 6.61. The van der Waals surface area contributed by atoms with E-state index in [1.165, 1.54) is 36.3 Å². The van der Waals surface area contributed by atoms with Crippen LogP contribution in [0.1, 0.15) is 43.7 Å². The zero-order chi connectivity index (χ0) is 14.9. The van der Waals surface area contributed by atoms with Gasteiger partial charge in [0, 0.05) is 25.0 Å². The molecule has 0 bridgehead atoms. The number of hydrogen-bond donors (Lipinski definition) is 1. The molecule has 1 saturated carbocycles. The van der Waals surface area contributed by atoms with Crippen molar-refractivity contribution in [3.8, 4) is 5.69 Å². The predicted octanol–water partition coefficient (Wildman–Crippen LogP) is 3.07. The Kier molecular flexibility index (Phi) is 3.62. The van der Waals surface area contributed by atoms with E-state index in [0.717, 1.165) is 25.9 Å². The molecule has 2 aromatic rings. The number of anilines is 1. The van der Waals surface area contributed by atoms with Gasteiger partial charge in [0.2, 0.25) is 0 Å². The lowest BCUT2D eigenvalue weighted by molar-refractivity contribution is 0.401. The van der Waals surface area contributed by atoms with E-state index in [-0.39, 0.29) is 0 Å². The van der Waals surface area contributed by atoms with Crippen LogP contribution < -0.4 is 10.6 Å². The minimum absolute atomic E-state index is 0.368. The van der Waals surface area contributed by atoms with Crippen LogP contribution in [0.25, 0.3) is 5.69 Å². The van der Waals surface area contributed by atoms with Crippen LogP contribution in [0.4, 0.5) is 5.69 Å². The monoisotopic (exact) mass is 296 g/mol. The zero-order valence-electron chi connectivity index (χ0n) is 13.0. The fraction of sp³-hybridized carbons (Fsp3) is 0.500. The van der Waals surface area contributed by atoms with Gasteiger partial charge in [-0.2, -0.15) is 5.10 Å². The largest absolute Gasteiger partial charge is 0.369 e. The number of rotatable bonds is 3. The third-order valence-corrected chi connectivity index (χ3v) is 5.16. The molecule has 0 atom stereocenters. The molecule has 4 heteroatoms. The van der Waals surface area contributed by atoms with Gasteiger partial charge in [-0.05, 0) is 37.8 Å². The summed E-state index contributed by atoms with van der Waals surface area (Å²) in [4.78, 5) is 2.49. The summed E-state index contributed by atoms with van der Waals surface area (Å²) in [7, 11) is 0. The Morgan fingerprint density at radius 3 is 2.36 bits per heavy atom. The Morgan fingerprint density at radius 2 is 1.73 bits per heavy atom. The second-order valence-corrected chi connectivity index (χ2v) is 6.61. The van der Waals surface area contributed by atoms with Crippen molar-refractivity contribution in [2.45, 2.75) is 44.1 Å². The van der Waals surface area contributed by atoms with Crippen molar-refractivity contribution < 1.29 is 0 Å². The van der Waals surface area contributed by atoms with Gasteiger partial charge in [0.1, 0.15) is 0 Å². The van der Waals surface area contributed by atoms with Gasteiger partial charge in [-0.25, -0.2) is 4.68 Å². The van der Waals surface area contributed by atoms with E-state index in [2.05, 4.69) is 46.1 Å². The molecule has 2 N–H and O–H groups in total. The average Bonchev–Trinajstić information content (AvgIpc) is 2.92. The number of nitrogens with zero attached hydrogens (tertiary/aromatic N) is 3. The molecule has 1 aromatic carbocycles. The Labute approximate surface area is 131 Å². The molecule has 0 radical (unpaired) electrons. The molecule has 116 valence electrons. The van der Waals surface area contributed by atoms with E-state index < -0.39 is 0 Å². The van der Waals surface area contributed by atoms with E-state index >= 15 is 0 Å². The van der Waals surface area contributed by atoms with Crippen LogP contribution in [0, 0.1) is 0 Å². The van der Waals surface area contributed by atoms with Crippen LogP contribution in [-0.4, -0.2) is 28.9 Å². The first-order valence-electron chi connectivity index (χ1n) is 8.47. The van der Waals surface area contributed by atoms with Crippen molar-refractivity contribution in [3.63, 3.8) is 0 Å². The van der Waals surface area contributed by atoms with Gasteiger partial charge in [0.25, 0.3) is 0 Å². The normalized spacial score (nSPS) is 20.1. The molecule has 22 heavy (non-hydrogen) atoms. The van der Waals surface area contributed by atoms with Crippen LogP contribution >= 0.6 is 0 Å². The lowest BCUT2D eigenvalue weighted by Gasteiger charge is -2.35. The maximum atomic E-state index is 6.06. The van der Waals surface area contributed by atoms with E-state index in [1.54, 1.807) is 0 Å². The van der Waals surface area contributed by atoms with Gasteiger partial charge in [-0.3, -0.25) is 0 Å². The smallest absolute Gasteiger partial charge is 0.0792 e. The van der Waals surface area contributed by atoms with Crippen LogP contribution in [0.15, 0.2) is 36.5 Å². The molecule has 0 unspecified atom stereocenters. The molecule has 1 aliphatic carbocycles. The van der Waals surface area contributed by atoms with Gasteiger partial charge in [-0.15, -0.1) is 0 Å². The molecular weight excluding hydrogens is 272 g/mol. The van der Waals surface area contributed by atoms with Gasteiger partial charge in [-0.1, -0.05) is 24.6 Å². The highest BCUT2D eigenvalue weighted by Crippen LogP contribution is 2.42. The minimum atomic E-state index is 0.368. The van der Waals surface area contributed by atoms with E-state index in [1.807, 2.05) is 0 Å². The summed E-state index contributed by atoms with van der Waals surface area (Å²) in [5.41, 5.74) is 9.97. The molecule has 1 aromatic heterocycles. The van der Waals surface area contributed by atoms with Crippen molar-refractivity contribution in [2.24, 2.45) is 5.73 Å². The Balaban J connectivity index is 1.71. The average molecular weight is 296 g/mol. The van der Waals surface area contributed by atoms with Crippen LogP contribution in [-0.2, 0) is 0 Å². The topological polar surface area (TPSA) is 47.1 Å². The van der Waals surface area contributed by atoms with Crippen molar-refractivity contribution in [3.05, 3.63) is 42.2 Å².